The Hall–Kier alpha value is -1.25. The van der Waals surface area contributed by atoms with Gasteiger partial charge in [-0.05, 0) is 24.6 Å². The number of sulfone groups is 1. The molecule has 0 radical (unpaired) electrons. The Morgan fingerprint density at radius 1 is 1.40 bits per heavy atom. The average Bonchev–Trinajstić information content (AvgIpc) is 2.43. The minimum atomic E-state index is -2.99. The number of ether oxygens (including phenoxy) is 1. The van der Waals surface area contributed by atoms with Crippen LogP contribution in [0.2, 0.25) is 0 Å². The van der Waals surface area contributed by atoms with E-state index in [9.17, 15) is 12.8 Å². The highest BCUT2D eigenvalue weighted by atomic mass is 35.5. The Morgan fingerprint density at radius 2 is 2.15 bits per heavy atom. The second kappa shape index (κ2) is 8.13. The first-order valence-electron chi connectivity index (χ1n) is 6.16. The fraction of sp³-hybridized carbons (Fsp3) is 0.429. The lowest BCUT2D eigenvalue weighted by Gasteiger charge is -2.08. The Balaban J connectivity index is 2.64. The minimum Gasteiger partial charge on any atom is -0.492 e. The standard InChI is InChI=1S/C14H16ClFO3S/c1-2-20(17,18)10-4-9-19-14-7-6-13(16)11-12(14)5-3-8-15/h6-7,11H,2,4,8-10H2,1H3. The van der Waals surface area contributed by atoms with Crippen LogP contribution in [0, 0.1) is 17.7 Å². The second-order valence-corrected chi connectivity index (χ2v) is 6.75. The van der Waals surface area contributed by atoms with Crippen molar-refractivity contribution in [1.29, 1.82) is 0 Å². The van der Waals surface area contributed by atoms with Crippen LogP contribution in [0.5, 0.6) is 5.75 Å². The van der Waals surface area contributed by atoms with Crippen molar-refractivity contribution in [3.05, 3.63) is 29.6 Å². The molecule has 0 aliphatic heterocycles. The molecule has 0 bridgehead atoms. The van der Waals surface area contributed by atoms with Crippen molar-refractivity contribution >= 4 is 21.4 Å². The summed E-state index contributed by atoms with van der Waals surface area (Å²) in [5, 5.41) is 0. The van der Waals surface area contributed by atoms with Gasteiger partial charge in [0.25, 0.3) is 0 Å². The molecule has 0 aliphatic rings. The average molecular weight is 319 g/mol. The summed E-state index contributed by atoms with van der Waals surface area (Å²) in [4.78, 5) is 0. The summed E-state index contributed by atoms with van der Waals surface area (Å²) in [6.07, 6.45) is 0.385. The number of hydrogen-bond acceptors (Lipinski definition) is 3. The molecule has 1 rings (SSSR count). The summed E-state index contributed by atoms with van der Waals surface area (Å²) in [5.74, 6) is 5.69. The second-order valence-electron chi connectivity index (χ2n) is 4.01. The quantitative estimate of drug-likeness (QED) is 0.460. The molecule has 3 nitrogen and oxygen atoms in total. The first-order chi connectivity index (χ1) is 9.48. The van der Waals surface area contributed by atoms with E-state index in [1.807, 2.05) is 0 Å². The maximum atomic E-state index is 13.1. The number of rotatable bonds is 6. The maximum absolute atomic E-state index is 13.1. The molecule has 0 fully saturated rings. The predicted octanol–water partition coefficient (Wildman–Crippen LogP) is 2.62. The summed E-state index contributed by atoms with van der Waals surface area (Å²) in [5.41, 5.74) is 0.406. The molecule has 0 aliphatic carbocycles. The van der Waals surface area contributed by atoms with Crippen molar-refractivity contribution in [1.82, 2.24) is 0 Å². The third-order valence-electron chi connectivity index (χ3n) is 2.53. The fourth-order valence-electron chi connectivity index (χ4n) is 1.46. The van der Waals surface area contributed by atoms with E-state index >= 15 is 0 Å². The highest BCUT2D eigenvalue weighted by Crippen LogP contribution is 2.19. The van der Waals surface area contributed by atoms with Gasteiger partial charge in [-0.1, -0.05) is 18.8 Å². The summed E-state index contributed by atoms with van der Waals surface area (Å²) in [7, 11) is -2.99. The van der Waals surface area contributed by atoms with Gasteiger partial charge in [-0.15, -0.1) is 11.6 Å². The molecule has 0 atom stereocenters. The monoisotopic (exact) mass is 318 g/mol. The topological polar surface area (TPSA) is 43.4 Å². The molecule has 6 heteroatoms. The molecule has 0 amide bonds. The van der Waals surface area contributed by atoms with Crippen LogP contribution in [0.4, 0.5) is 4.39 Å². The minimum absolute atomic E-state index is 0.0768. The van der Waals surface area contributed by atoms with Crippen LogP contribution in [0.25, 0.3) is 0 Å². The molecule has 0 N–H and O–H groups in total. The van der Waals surface area contributed by atoms with E-state index in [1.54, 1.807) is 6.92 Å². The fourth-order valence-corrected chi connectivity index (χ4v) is 2.37. The highest BCUT2D eigenvalue weighted by Gasteiger charge is 2.08. The van der Waals surface area contributed by atoms with Gasteiger partial charge < -0.3 is 4.74 Å². The van der Waals surface area contributed by atoms with Crippen LogP contribution in [0.3, 0.4) is 0 Å². The van der Waals surface area contributed by atoms with Gasteiger partial charge in [0.05, 0.1) is 23.8 Å². The molecule has 1 aromatic rings. The Labute approximate surface area is 124 Å². The van der Waals surface area contributed by atoms with Gasteiger partial charge in [0.2, 0.25) is 0 Å². The molecule has 20 heavy (non-hydrogen) atoms. The Morgan fingerprint density at radius 3 is 2.80 bits per heavy atom. The lowest BCUT2D eigenvalue weighted by atomic mass is 10.2. The highest BCUT2D eigenvalue weighted by molar-refractivity contribution is 7.91. The van der Waals surface area contributed by atoms with Crippen molar-refractivity contribution in [2.45, 2.75) is 13.3 Å². The molecule has 0 saturated heterocycles. The van der Waals surface area contributed by atoms with E-state index in [4.69, 9.17) is 16.3 Å². The van der Waals surface area contributed by atoms with Crippen molar-refractivity contribution < 1.29 is 17.5 Å². The largest absolute Gasteiger partial charge is 0.492 e. The lowest BCUT2D eigenvalue weighted by molar-refractivity contribution is 0.316. The number of alkyl halides is 1. The van der Waals surface area contributed by atoms with Crippen LogP contribution in [0.15, 0.2) is 18.2 Å². The van der Waals surface area contributed by atoms with Crippen molar-refractivity contribution in [3.63, 3.8) is 0 Å². The molecule has 0 unspecified atom stereocenters. The first kappa shape index (κ1) is 16.8. The van der Waals surface area contributed by atoms with Gasteiger partial charge in [0, 0.05) is 5.75 Å². The van der Waals surface area contributed by atoms with Crippen molar-refractivity contribution in [2.75, 3.05) is 24.0 Å². The summed E-state index contributed by atoms with van der Waals surface area (Å²) in [6, 6.07) is 4.00. The van der Waals surface area contributed by atoms with Crippen LogP contribution >= 0.6 is 11.6 Å². The van der Waals surface area contributed by atoms with E-state index < -0.39 is 15.7 Å². The summed E-state index contributed by atoms with van der Waals surface area (Å²) >= 11 is 5.46. The third-order valence-corrected chi connectivity index (χ3v) is 4.45. The van der Waals surface area contributed by atoms with Crippen LogP contribution in [-0.2, 0) is 9.84 Å². The van der Waals surface area contributed by atoms with Gasteiger partial charge in [-0.3, -0.25) is 0 Å². The van der Waals surface area contributed by atoms with E-state index in [1.165, 1.54) is 18.2 Å². The van der Waals surface area contributed by atoms with Crippen molar-refractivity contribution in [2.24, 2.45) is 0 Å². The van der Waals surface area contributed by atoms with E-state index in [0.717, 1.165) is 0 Å². The maximum Gasteiger partial charge on any atom is 0.150 e. The summed E-state index contributed by atoms with van der Waals surface area (Å²) < 4.78 is 41.2. The van der Waals surface area contributed by atoms with E-state index in [-0.39, 0.29) is 24.0 Å². The Bertz CT molecular complexity index is 603. The molecule has 0 aromatic heterocycles. The molecular weight excluding hydrogens is 303 g/mol. The Kier molecular flexibility index (Phi) is 6.83. The lowest BCUT2D eigenvalue weighted by Crippen LogP contribution is -2.12. The molecule has 110 valence electrons. The summed E-state index contributed by atoms with van der Waals surface area (Å²) in [6.45, 7) is 1.84. The van der Waals surface area contributed by atoms with Gasteiger partial charge in [-0.2, -0.15) is 0 Å². The van der Waals surface area contributed by atoms with Gasteiger partial charge in [0.15, 0.2) is 0 Å². The third kappa shape index (κ3) is 5.81. The van der Waals surface area contributed by atoms with Crippen LogP contribution < -0.4 is 4.74 Å². The van der Waals surface area contributed by atoms with Gasteiger partial charge >= 0.3 is 0 Å². The smallest absolute Gasteiger partial charge is 0.150 e. The van der Waals surface area contributed by atoms with Crippen molar-refractivity contribution in [3.8, 4) is 17.6 Å². The van der Waals surface area contributed by atoms with Crippen LogP contribution in [-0.4, -0.2) is 32.4 Å². The molecule has 1 aromatic carbocycles. The number of benzene rings is 1. The molecule has 0 saturated carbocycles. The number of halogens is 2. The molecule has 0 heterocycles. The predicted molar refractivity (Wildman–Crippen MR) is 78.4 cm³/mol. The van der Waals surface area contributed by atoms with Crippen LogP contribution in [0.1, 0.15) is 18.9 Å². The number of hydrogen-bond donors (Lipinski definition) is 0. The zero-order chi connectivity index (χ0) is 15.0. The van der Waals surface area contributed by atoms with Gasteiger partial charge in [-0.25, -0.2) is 12.8 Å². The first-order valence-corrected chi connectivity index (χ1v) is 8.51. The zero-order valence-corrected chi connectivity index (χ0v) is 12.7. The molecular formula is C14H16ClFO3S. The molecule has 0 spiro atoms. The normalized spacial score (nSPS) is 10.8. The van der Waals surface area contributed by atoms with E-state index in [2.05, 4.69) is 11.8 Å². The SMILES string of the molecule is CCS(=O)(=O)CCCOc1ccc(F)cc1C#CCCl. The van der Waals surface area contributed by atoms with Gasteiger partial charge in [0.1, 0.15) is 21.4 Å². The van der Waals surface area contributed by atoms with E-state index in [0.29, 0.717) is 17.7 Å². The zero-order valence-electron chi connectivity index (χ0n) is 11.2.